The van der Waals surface area contributed by atoms with Crippen LogP contribution in [0.5, 0.6) is 0 Å². The molecule has 0 bridgehead atoms. The van der Waals surface area contributed by atoms with E-state index in [4.69, 9.17) is 4.42 Å². The number of benzene rings is 1. The predicted molar refractivity (Wildman–Crippen MR) is 97.9 cm³/mol. The Kier molecular flexibility index (Phi) is 6.11. The topological polar surface area (TPSA) is 79.6 Å². The molecule has 1 aliphatic heterocycles. The lowest BCUT2D eigenvalue weighted by atomic mass is 10.2. The minimum atomic E-state index is -3.41. The van der Waals surface area contributed by atoms with Gasteiger partial charge >= 0.3 is 0 Å². The Bertz CT molecular complexity index is 808. The van der Waals surface area contributed by atoms with Crippen LogP contribution in [0.2, 0.25) is 0 Å². The van der Waals surface area contributed by atoms with E-state index in [1.54, 1.807) is 40.9 Å². The standard InChI is InChI=1S/C19H24N2O4S/c22-19(11-8-17-5-4-14-25-17)20-15-16-6-9-18(10-7-16)26(23,24)21-12-2-1-3-13-21/h4-7,9-10,14H,1-3,8,11-13,15H2,(H,20,22). The van der Waals surface area contributed by atoms with Crippen molar-refractivity contribution in [2.45, 2.75) is 43.5 Å². The summed E-state index contributed by atoms with van der Waals surface area (Å²) in [5, 5.41) is 2.84. The van der Waals surface area contributed by atoms with Crippen molar-refractivity contribution in [3.63, 3.8) is 0 Å². The van der Waals surface area contributed by atoms with Crippen molar-refractivity contribution < 1.29 is 17.6 Å². The molecule has 1 aromatic carbocycles. The van der Waals surface area contributed by atoms with Gasteiger partial charge in [0.15, 0.2) is 0 Å². The fraction of sp³-hybridized carbons (Fsp3) is 0.421. The van der Waals surface area contributed by atoms with Gasteiger partial charge in [-0.1, -0.05) is 18.6 Å². The van der Waals surface area contributed by atoms with Crippen molar-refractivity contribution in [1.82, 2.24) is 9.62 Å². The van der Waals surface area contributed by atoms with E-state index in [0.717, 1.165) is 30.6 Å². The van der Waals surface area contributed by atoms with Gasteiger partial charge in [-0.15, -0.1) is 0 Å². The van der Waals surface area contributed by atoms with Crippen LogP contribution in [-0.2, 0) is 27.8 Å². The molecule has 0 spiro atoms. The molecule has 26 heavy (non-hydrogen) atoms. The van der Waals surface area contributed by atoms with Crippen LogP contribution in [0.4, 0.5) is 0 Å². The molecule has 1 N–H and O–H groups in total. The number of hydrogen-bond donors (Lipinski definition) is 1. The van der Waals surface area contributed by atoms with Crippen LogP contribution in [0.25, 0.3) is 0 Å². The van der Waals surface area contributed by atoms with E-state index < -0.39 is 10.0 Å². The minimum Gasteiger partial charge on any atom is -0.469 e. The summed E-state index contributed by atoms with van der Waals surface area (Å²) in [7, 11) is -3.41. The average molecular weight is 376 g/mol. The number of furan rings is 1. The highest BCUT2D eigenvalue weighted by Crippen LogP contribution is 2.20. The molecule has 3 rings (SSSR count). The molecule has 2 heterocycles. The van der Waals surface area contributed by atoms with Gasteiger partial charge in [0, 0.05) is 32.5 Å². The van der Waals surface area contributed by atoms with Gasteiger partial charge in [-0.2, -0.15) is 4.31 Å². The lowest BCUT2D eigenvalue weighted by Gasteiger charge is -2.25. The van der Waals surface area contributed by atoms with Crippen molar-refractivity contribution in [2.24, 2.45) is 0 Å². The Morgan fingerprint density at radius 1 is 1.08 bits per heavy atom. The predicted octanol–water partition coefficient (Wildman–Crippen LogP) is 2.70. The molecule has 0 atom stereocenters. The van der Waals surface area contributed by atoms with Gasteiger partial charge in [-0.25, -0.2) is 8.42 Å². The molecule has 1 aromatic heterocycles. The lowest BCUT2D eigenvalue weighted by molar-refractivity contribution is -0.121. The van der Waals surface area contributed by atoms with Crippen LogP contribution in [0.1, 0.15) is 37.0 Å². The van der Waals surface area contributed by atoms with E-state index in [1.807, 2.05) is 6.07 Å². The Morgan fingerprint density at radius 2 is 1.81 bits per heavy atom. The second-order valence-corrected chi connectivity index (χ2v) is 8.40. The van der Waals surface area contributed by atoms with Gasteiger partial charge in [-0.3, -0.25) is 4.79 Å². The van der Waals surface area contributed by atoms with Crippen molar-refractivity contribution in [3.05, 3.63) is 54.0 Å². The lowest BCUT2D eigenvalue weighted by Crippen LogP contribution is -2.35. The number of amides is 1. The maximum absolute atomic E-state index is 12.6. The molecule has 1 saturated heterocycles. The summed E-state index contributed by atoms with van der Waals surface area (Å²) in [6, 6.07) is 10.4. The number of aryl methyl sites for hydroxylation is 1. The van der Waals surface area contributed by atoms with Crippen LogP contribution in [0.15, 0.2) is 52.0 Å². The first-order valence-electron chi connectivity index (χ1n) is 8.94. The summed E-state index contributed by atoms with van der Waals surface area (Å²) in [6.07, 6.45) is 5.43. The van der Waals surface area contributed by atoms with E-state index >= 15 is 0 Å². The molecule has 0 saturated carbocycles. The van der Waals surface area contributed by atoms with E-state index in [9.17, 15) is 13.2 Å². The number of rotatable bonds is 7. The normalized spacial score (nSPS) is 15.7. The fourth-order valence-corrected chi connectivity index (χ4v) is 4.53. The maximum Gasteiger partial charge on any atom is 0.243 e. The summed E-state index contributed by atoms with van der Waals surface area (Å²) in [6.45, 7) is 1.56. The largest absolute Gasteiger partial charge is 0.469 e. The zero-order valence-corrected chi connectivity index (χ0v) is 15.5. The smallest absolute Gasteiger partial charge is 0.243 e. The van der Waals surface area contributed by atoms with Crippen LogP contribution in [0, 0.1) is 0 Å². The van der Waals surface area contributed by atoms with Crippen molar-refractivity contribution in [2.75, 3.05) is 13.1 Å². The summed E-state index contributed by atoms with van der Waals surface area (Å²) in [5.41, 5.74) is 0.869. The van der Waals surface area contributed by atoms with Crippen LogP contribution in [0.3, 0.4) is 0 Å². The zero-order chi connectivity index (χ0) is 18.4. The summed E-state index contributed by atoms with van der Waals surface area (Å²) < 4.78 is 32.0. The Labute approximate surface area is 154 Å². The van der Waals surface area contributed by atoms with Gasteiger partial charge in [0.05, 0.1) is 11.2 Å². The maximum atomic E-state index is 12.6. The summed E-state index contributed by atoms with van der Waals surface area (Å²) in [5.74, 6) is 0.721. The Hall–Kier alpha value is -2.12. The average Bonchev–Trinajstić information content (AvgIpc) is 3.19. The van der Waals surface area contributed by atoms with Crippen LogP contribution < -0.4 is 5.32 Å². The van der Waals surface area contributed by atoms with Gasteiger partial charge in [0.1, 0.15) is 5.76 Å². The van der Waals surface area contributed by atoms with Crippen molar-refractivity contribution >= 4 is 15.9 Å². The van der Waals surface area contributed by atoms with Gasteiger partial charge < -0.3 is 9.73 Å². The molecule has 6 nitrogen and oxygen atoms in total. The highest BCUT2D eigenvalue weighted by Gasteiger charge is 2.25. The number of nitrogens with zero attached hydrogens (tertiary/aromatic N) is 1. The van der Waals surface area contributed by atoms with E-state index in [2.05, 4.69) is 5.32 Å². The summed E-state index contributed by atoms with van der Waals surface area (Å²) >= 11 is 0. The molecule has 1 amide bonds. The SMILES string of the molecule is O=C(CCc1ccco1)NCc1ccc(S(=O)(=O)N2CCCCC2)cc1. The number of sulfonamides is 1. The van der Waals surface area contributed by atoms with E-state index in [-0.39, 0.29) is 5.91 Å². The van der Waals surface area contributed by atoms with Crippen molar-refractivity contribution in [1.29, 1.82) is 0 Å². The third-order valence-corrected chi connectivity index (χ3v) is 6.46. The molecule has 7 heteroatoms. The third kappa shape index (κ3) is 4.74. The number of carbonyl (C=O) groups is 1. The Morgan fingerprint density at radius 3 is 2.46 bits per heavy atom. The third-order valence-electron chi connectivity index (χ3n) is 4.54. The first-order valence-corrected chi connectivity index (χ1v) is 10.4. The van der Waals surface area contributed by atoms with E-state index in [0.29, 0.717) is 37.4 Å². The molecule has 0 radical (unpaired) electrons. The monoisotopic (exact) mass is 376 g/mol. The molecular formula is C19H24N2O4S. The van der Waals surface area contributed by atoms with Gasteiger partial charge in [0.2, 0.25) is 15.9 Å². The molecule has 0 unspecified atom stereocenters. The van der Waals surface area contributed by atoms with Crippen molar-refractivity contribution in [3.8, 4) is 0 Å². The highest BCUT2D eigenvalue weighted by molar-refractivity contribution is 7.89. The van der Waals surface area contributed by atoms with Gasteiger partial charge in [-0.05, 0) is 42.7 Å². The molecule has 0 aliphatic carbocycles. The number of carbonyl (C=O) groups excluding carboxylic acids is 1. The zero-order valence-electron chi connectivity index (χ0n) is 14.7. The summed E-state index contributed by atoms with van der Waals surface area (Å²) in [4.78, 5) is 12.2. The van der Waals surface area contributed by atoms with Crippen LogP contribution in [-0.4, -0.2) is 31.7 Å². The minimum absolute atomic E-state index is 0.0635. The number of hydrogen-bond acceptors (Lipinski definition) is 4. The van der Waals surface area contributed by atoms with Crippen LogP contribution >= 0.6 is 0 Å². The molecule has 2 aromatic rings. The molecular weight excluding hydrogens is 352 g/mol. The van der Waals surface area contributed by atoms with E-state index in [1.165, 1.54) is 0 Å². The Balaban J connectivity index is 1.51. The molecule has 140 valence electrons. The molecule has 1 fully saturated rings. The van der Waals surface area contributed by atoms with Gasteiger partial charge in [0.25, 0.3) is 0 Å². The fourth-order valence-electron chi connectivity index (χ4n) is 3.01. The first kappa shape index (κ1) is 18.7. The second-order valence-electron chi connectivity index (χ2n) is 6.46. The first-order chi connectivity index (χ1) is 12.6. The molecule has 1 aliphatic rings. The second kappa shape index (κ2) is 8.51. The number of piperidine rings is 1. The number of nitrogens with one attached hydrogen (secondary N) is 1. The quantitative estimate of drug-likeness (QED) is 0.806. The highest BCUT2D eigenvalue weighted by atomic mass is 32.2.